The van der Waals surface area contributed by atoms with Crippen molar-refractivity contribution in [3.8, 4) is 0 Å². The quantitative estimate of drug-likeness (QED) is 0.150. The van der Waals surface area contributed by atoms with Crippen LogP contribution in [0.15, 0.2) is 47.1 Å². The van der Waals surface area contributed by atoms with Crippen LogP contribution in [-0.2, 0) is 25.8 Å². The third kappa shape index (κ3) is 3.95. The first-order chi connectivity index (χ1) is 16.9. The number of oxime groups is 1. The van der Waals surface area contributed by atoms with E-state index in [9.17, 15) is 19.5 Å². The zero-order chi connectivity index (χ0) is 24.7. The van der Waals surface area contributed by atoms with E-state index in [1.807, 2.05) is 10.6 Å². The summed E-state index contributed by atoms with van der Waals surface area (Å²) in [6.07, 6.45) is 5.21. The van der Waals surface area contributed by atoms with Crippen molar-refractivity contribution in [1.82, 2.24) is 29.2 Å². The first-order valence-corrected chi connectivity index (χ1v) is 11.9. The molecule has 2 aliphatic heterocycles. The lowest BCUT2D eigenvalue weighted by molar-refractivity contribution is -0.662. The van der Waals surface area contributed by atoms with Gasteiger partial charge >= 0.3 is 11.6 Å². The number of aliphatic carboxylic acids is 1. The van der Waals surface area contributed by atoms with Gasteiger partial charge in [-0.2, -0.15) is 9.36 Å². The zero-order valence-electron chi connectivity index (χ0n) is 18.1. The number of β-lactam (4-membered cyclic amide) rings is 1. The first-order valence-electron chi connectivity index (χ1n) is 10.1. The van der Waals surface area contributed by atoms with E-state index in [1.165, 1.54) is 23.8 Å². The second-order valence-electron chi connectivity index (χ2n) is 7.45. The average Bonchev–Trinajstić information content (AvgIpc) is 3.46. The molecule has 180 valence electrons. The standard InChI is InChI=1S/C19H17N9O5S2/c1-33-24-11(14-23-19(20)35-25-14)15(29)22-12-16(30)28-13(18(31)32)9(8-34-17(12)28)7-26-5-6-27-10(26)3-2-4-21-27/h2-6,12,17H,7-8H2,1H3,(H3-,20,22,23,25,29,31,32)/p+1/t12-,17-/m1/s1. The number of carbonyl (C=O) groups excluding carboxylic acids is 2. The van der Waals surface area contributed by atoms with Crippen LogP contribution in [0, 0.1) is 0 Å². The molecule has 0 bridgehead atoms. The molecule has 2 aliphatic rings. The second kappa shape index (κ2) is 8.95. The SMILES string of the molecule is CON=C(C(=O)N[C@@H]1C(=O)N2C(C(=O)O)=C(C[n+]3ccn4ncccc43)CS[C@H]12)c1nsc(N)n1. The van der Waals surface area contributed by atoms with E-state index in [0.717, 1.165) is 17.2 Å². The third-order valence-electron chi connectivity index (χ3n) is 5.39. The minimum Gasteiger partial charge on any atom is -0.477 e. The Morgan fingerprint density at radius 3 is 3.00 bits per heavy atom. The molecule has 3 aromatic rings. The summed E-state index contributed by atoms with van der Waals surface area (Å²) in [6, 6.07) is 2.69. The van der Waals surface area contributed by atoms with Gasteiger partial charge in [0.05, 0.1) is 6.20 Å². The molecule has 1 fully saturated rings. The maximum atomic E-state index is 13.0. The molecule has 0 aliphatic carbocycles. The van der Waals surface area contributed by atoms with Gasteiger partial charge in [0, 0.05) is 28.9 Å². The van der Waals surface area contributed by atoms with Crippen LogP contribution >= 0.6 is 23.3 Å². The van der Waals surface area contributed by atoms with Gasteiger partial charge in [-0.3, -0.25) is 14.5 Å². The summed E-state index contributed by atoms with van der Waals surface area (Å²) in [5.74, 6) is -2.17. The number of carbonyl (C=O) groups is 3. The van der Waals surface area contributed by atoms with E-state index >= 15 is 0 Å². The molecular weight excluding hydrogens is 498 g/mol. The van der Waals surface area contributed by atoms with E-state index in [0.29, 0.717) is 11.3 Å². The maximum absolute atomic E-state index is 13.0. The number of hydrogen-bond donors (Lipinski definition) is 3. The van der Waals surface area contributed by atoms with Gasteiger partial charge in [-0.15, -0.1) is 16.3 Å². The Hall–Kier alpha value is -4.05. The lowest BCUT2D eigenvalue weighted by Crippen LogP contribution is -2.71. The highest BCUT2D eigenvalue weighted by Gasteiger charge is 2.54. The fourth-order valence-corrected chi connectivity index (χ4v) is 5.67. The first kappa shape index (κ1) is 22.7. The molecule has 2 amide bonds. The van der Waals surface area contributed by atoms with E-state index in [1.54, 1.807) is 29.2 Å². The second-order valence-corrected chi connectivity index (χ2v) is 9.34. The monoisotopic (exact) mass is 516 g/mol. The van der Waals surface area contributed by atoms with Gasteiger partial charge < -0.3 is 21.0 Å². The molecule has 5 heterocycles. The largest absolute Gasteiger partial charge is 0.477 e. The van der Waals surface area contributed by atoms with Crippen LogP contribution in [0.2, 0.25) is 0 Å². The molecule has 1 saturated heterocycles. The van der Waals surface area contributed by atoms with Gasteiger partial charge in [0.1, 0.15) is 37.0 Å². The summed E-state index contributed by atoms with van der Waals surface area (Å²) >= 11 is 2.24. The molecule has 0 spiro atoms. The van der Waals surface area contributed by atoms with Crippen molar-refractivity contribution in [3.05, 3.63) is 47.8 Å². The summed E-state index contributed by atoms with van der Waals surface area (Å²) < 4.78 is 7.48. The summed E-state index contributed by atoms with van der Waals surface area (Å²) in [4.78, 5) is 47.8. The number of hydrogen-bond acceptors (Lipinski definition) is 11. The lowest BCUT2D eigenvalue weighted by Gasteiger charge is -2.49. The molecule has 16 heteroatoms. The number of rotatable bonds is 7. The predicted octanol–water partition coefficient (Wildman–Crippen LogP) is -1.16. The van der Waals surface area contributed by atoms with E-state index in [4.69, 9.17) is 10.6 Å². The number of imidazole rings is 1. The Kier molecular flexibility index (Phi) is 5.81. The van der Waals surface area contributed by atoms with Gasteiger partial charge in [0.25, 0.3) is 11.8 Å². The Labute approximate surface area is 205 Å². The molecule has 35 heavy (non-hydrogen) atoms. The summed E-state index contributed by atoms with van der Waals surface area (Å²) in [7, 11) is 1.25. The Balaban J connectivity index is 1.37. The minimum absolute atomic E-state index is 0.0357. The van der Waals surface area contributed by atoms with Crippen molar-refractivity contribution >= 4 is 57.6 Å². The van der Waals surface area contributed by atoms with Crippen LogP contribution in [-0.4, -0.2) is 76.8 Å². The van der Waals surface area contributed by atoms with Crippen LogP contribution in [0.4, 0.5) is 5.13 Å². The number of carboxylic acid groups (broad SMARTS) is 1. The highest BCUT2D eigenvalue weighted by molar-refractivity contribution is 8.00. The summed E-state index contributed by atoms with van der Waals surface area (Å²) in [5.41, 5.74) is 6.60. The highest BCUT2D eigenvalue weighted by atomic mass is 32.2. The summed E-state index contributed by atoms with van der Waals surface area (Å²) in [6.45, 7) is 0.270. The minimum atomic E-state index is -1.21. The topological polar surface area (TPSA) is 181 Å². The van der Waals surface area contributed by atoms with Crippen molar-refractivity contribution in [3.63, 3.8) is 0 Å². The number of aromatic nitrogens is 5. The Morgan fingerprint density at radius 2 is 2.29 bits per heavy atom. The number of fused-ring (bicyclic) bond motifs is 2. The van der Waals surface area contributed by atoms with Gasteiger partial charge in [-0.1, -0.05) is 10.3 Å². The van der Waals surface area contributed by atoms with Gasteiger partial charge in [0.15, 0.2) is 11.3 Å². The fraction of sp³-hybridized carbons (Fsp3) is 0.263. The van der Waals surface area contributed by atoms with E-state index in [2.05, 4.69) is 24.9 Å². The molecule has 0 unspecified atom stereocenters. The fourth-order valence-electron chi connectivity index (χ4n) is 3.90. The normalized spacial score (nSPS) is 20.0. The van der Waals surface area contributed by atoms with Crippen molar-refractivity contribution < 1.29 is 28.9 Å². The highest BCUT2D eigenvalue weighted by Crippen LogP contribution is 2.40. The number of nitrogen functional groups attached to an aromatic ring is 1. The maximum Gasteiger partial charge on any atom is 0.352 e. The van der Waals surface area contributed by atoms with Crippen molar-refractivity contribution in [2.75, 3.05) is 18.6 Å². The van der Waals surface area contributed by atoms with Crippen LogP contribution in [0.5, 0.6) is 0 Å². The van der Waals surface area contributed by atoms with Gasteiger partial charge in [0.2, 0.25) is 11.5 Å². The molecule has 0 aromatic carbocycles. The molecule has 14 nitrogen and oxygen atoms in total. The van der Waals surface area contributed by atoms with Crippen LogP contribution in [0.3, 0.4) is 0 Å². The predicted molar refractivity (Wildman–Crippen MR) is 123 cm³/mol. The zero-order valence-corrected chi connectivity index (χ0v) is 19.7. The van der Waals surface area contributed by atoms with E-state index in [-0.39, 0.29) is 28.9 Å². The lowest BCUT2D eigenvalue weighted by atomic mass is 10.0. The summed E-state index contributed by atoms with van der Waals surface area (Å²) in [5, 5.41) is 19.9. The molecule has 0 saturated carbocycles. The van der Waals surface area contributed by atoms with Crippen molar-refractivity contribution in [2.24, 2.45) is 5.16 Å². The smallest absolute Gasteiger partial charge is 0.352 e. The third-order valence-corrected chi connectivity index (χ3v) is 7.27. The van der Waals surface area contributed by atoms with Crippen molar-refractivity contribution in [1.29, 1.82) is 0 Å². The number of anilines is 1. The molecular formula is C19H18N9O5S2+. The van der Waals surface area contributed by atoms with Crippen LogP contribution in [0.1, 0.15) is 5.82 Å². The number of nitrogens with one attached hydrogen (secondary N) is 1. The number of nitrogens with two attached hydrogens (primary N) is 1. The van der Waals surface area contributed by atoms with Gasteiger partial charge in [-0.25, -0.2) is 9.36 Å². The number of amides is 2. The average molecular weight is 517 g/mol. The Morgan fingerprint density at radius 1 is 1.46 bits per heavy atom. The van der Waals surface area contributed by atoms with Crippen LogP contribution in [0.25, 0.3) is 5.65 Å². The Bertz CT molecular complexity index is 1410. The van der Waals surface area contributed by atoms with E-state index < -0.39 is 29.2 Å². The molecule has 0 radical (unpaired) electrons. The molecule has 2 atom stereocenters. The number of nitrogens with zero attached hydrogens (tertiary/aromatic N) is 7. The molecule has 5 rings (SSSR count). The van der Waals surface area contributed by atoms with Gasteiger partial charge in [-0.05, 0) is 6.07 Å². The molecule has 3 aromatic heterocycles. The van der Waals surface area contributed by atoms with Crippen molar-refractivity contribution in [2.45, 2.75) is 18.0 Å². The molecule has 4 N–H and O–H groups in total. The van der Waals surface area contributed by atoms with Crippen LogP contribution < -0.4 is 15.6 Å². The number of carboxylic acids is 1. The number of thioether (sulfide) groups is 1.